The summed E-state index contributed by atoms with van der Waals surface area (Å²) < 4.78 is 27.7. The molecule has 0 radical (unpaired) electrons. The number of fused-ring (bicyclic) bond motifs is 1. The maximum absolute atomic E-state index is 13.3. The summed E-state index contributed by atoms with van der Waals surface area (Å²) in [5.41, 5.74) is 0.906. The van der Waals surface area contributed by atoms with Crippen LogP contribution in [0.3, 0.4) is 0 Å². The average Bonchev–Trinajstić information content (AvgIpc) is 3.17. The monoisotopic (exact) mass is 457 g/mol. The molecule has 2 fully saturated rings. The Morgan fingerprint density at radius 1 is 1.30 bits per heavy atom. The summed E-state index contributed by atoms with van der Waals surface area (Å²) in [5.74, 6) is -2.68. The first kappa shape index (κ1) is 22.6. The maximum atomic E-state index is 13.3. The molecule has 4 nitrogen and oxygen atoms in total. The Hall–Kier alpha value is -0.730. The average molecular weight is 459 g/mol. The molecule has 1 N–H and O–H groups in total. The first-order valence-corrected chi connectivity index (χ1v) is 9.57. The van der Waals surface area contributed by atoms with Gasteiger partial charge >= 0.3 is 0 Å². The summed E-state index contributed by atoms with van der Waals surface area (Å²) >= 11 is 7.67. The zero-order valence-corrected chi connectivity index (χ0v) is 17.5. The van der Waals surface area contributed by atoms with Crippen molar-refractivity contribution in [2.75, 3.05) is 19.6 Å². The van der Waals surface area contributed by atoms with E-state index in [1.165, 1.54) is 0 Å². The summed E-state index contributed by atoms with van der Waals surface area (Å²) in [7, 11) is 0. The first-order valence-electron chi connectivity index (χ1n) is 8.37. The largest absolute Gasteiger partial charge is 0.341 e. The van der Waals surface area contributed by atoms with Gasteiger partial charge < -0.3 is 4.90 Å². The second-order valence-corrected chi connectivity index (χ2v) is 8.26. The lowest BCUT2D eigenvalue weighted by molar-refractivity contribution is -0.134. The van der Waals surface area contributed by atoms with Crippen LogP contribution >= 0.6 is 47.8 Å². The number of rotatable bonds is 2. The third-order valence-electron chi connectivity index (χ3n) is 4.93. The van der Waals surface area contributed by atoms with Gasteiger partial charge in [0.2, 0.25) is 5.91 Å². The number of nitrogens with one attached hydrogen (secondary N) is 1. The number of hydrogen-bond acceptors (Lipinski definition) is 4. The predicted molar refractivity (Wildman–Crippen MR) is 109 cm³/mol. The van der Waals surface area contributed by atoms with Gasteiger partial charge in [-0.1, -0.05) is 11.6 Å². The van der Waals surface area contributed by atoms with Gasteiger partial charge in [0.15, 0.2) is 0 Å². The summed E-state index contributed by atoms with van der Waals surface area (Å²) in [6, 6.07) is 4.94. The fourth-order valence-corrected chi connectivity index (χ4v) is 4.83. The molecular weight excluding hydrogens is 439 g/mol. The zero-order valence-electron chi connectivity index (χ0n) is 14.3. The Kier molecular flexibility index (Phi) is 7.30. The molecule has 1 amide bonds. The van der Waals surface area contributed by atoms with Crippen molar-refractivity contribution in [3.05, 3.63) is 28.2 Å². The van der Waals surface area contributed by atoms with Crippen LogP contribution in [0.5, 0.6) is 0 Å². The van der Waals surface area contributed by atoms with E-state index in [2.05, 4.69) is 10.3 Å². The third kappa shape index (κ3) is 4.82. The number of alkyl halides is 2. The van der Waals surface area contributed by atoms with E-state index in [1.54, 1.807) is 16.2 Å². The SMILES string of the molecule is Cl.Cl.O=C(C1CC(F)(F)CN1)N1CCC(c2nc3cc(Cl)ccc3s2)CC1. The molecule has 0 spiro atoms. The minimum atomic E-state index is -2.78. The highest BCUT2D eigenvalue weighted by Gasteiger charge is 2.44. The van der Waals surface area contributed by atoms with Gasteiger partial charge in [-0.15, -0.1) is 36.2 Å². The molecule has 1 atom stereocenters. The molecule has 1 unspecified atom stereocenters. The molecule has 150 valence electrons. The van der Waals surface area contributed by atoms with Crippen molar-refractivity contribution in [2.45, 2.75) is 37.1 Å². The highest BCUT2D eigenvalue weighted by atomic mass is 35.5. The number of benzene rings is 1. The minimum absolute atomic E-state index is 0. The molecule has 10 heteroatoms. The molecule has 4 rings (SSSR count). The van der Waals surface area contributed by atoms with Crippen molar-refractivity contribution < 1.29 is 13.6 Å². The lowest BCUT2D eigenvalue weighted by Crippen LogP contribution is -2.46. The molecule has 2 aliphatic rings. The molecule has 27 heavy (non-hydrogen) atoms. The van der Waals surface area contributed by atoms with Gasteiger partial charge in [0, 0.05) is 30.5 Å². The fourth-order valence-electron chi connectivity index (χ4n) is 3.55. The molecule has 0 aliphatic carbocycles. The van der Waals surface area contributed by atoms with Crippen LogP contribution in [0.15, 0.2) is 18.2 Å². The highest BCUT2D eigenvalue weighted by Crippen LogP contribution is 2.35. The number of thiazole rings is 1. The number of hydrogen-bond donors (Lipinski definition) is 1. The maximum Gasteiger partial charge on any atom is 0.262 e. The quantitative estimate of drug-likeness (QED) is 0.721. The number of carbonyl (C=O) groups excluding carboxylic acids is 1. The van der Waals surface area contributed by atoms with E-state index in [-0.39, 0.29) is 30.7 Å². The zero-order chi connectivity index (χ0) is 17.6. The van der Waals surface area contributed by atoms with E-state index in [1.807, 2.05) is 18.2 Å². The van der Waals surface area contributed by atoms with Crippen molar-refractivity contribution in [3.8, 4) is 0 Å². The van der Waals surface area contributed by atoms with E-state index in [4.69, 9.17) is 11.6 Å². The highest BCUT2D eigenvalue weighted by molar-refractivity contribution is 7.18. The number of nitrogens with zero attached hydrogens (tertiary/aromatic N) is 2. The first-order chi connectivity index (χ1) is 11.9. The van der Waals surface area contributed by atoms with Gasteiger partial charge in [0.05, 0.1) is 27.8 Å². The van der Waals surface area contributed by atoms with Gasteiger partial charge in [-0.25, -0.2) is 13.8 Å². The molecule has 3 heterocycles. The normalized spacial score (nSPS) is 22.3. The van der Waals surface area contributed by atoms with Crippen LogP contribution in [0.1, 0.15) is 30.2 Å². The number of aromatic nitrogens is 1. The van der Waals surface area contributed by atoms with Crippen LogP contribution in [-0.2, 0) is 4.79 Å². The second kappa shape index (κ2) is 8.74. The van der Waals surface area contributed by atoms with Crippen LogP contribution in [0.2, 0.25) is 5.02 Å². The van der Waals surface area contributed by atoms with Crippen molar-refractivity contribution in [2.24, 2.45) is 0 Å². The van der Waals surface area contributed by atoms with Crippen molar-refractivity contribution >= 4 is 63.9 Å². The predicted octanol–water partition coefficient (Wildman–Crippen LogP) is 4.50. The number of carbonyl (C=O) groups is 1. The van der Waals surface area contributed by atoms with Crippen LogP contribution in [0, 0.1) is 0 Å². The Morgan fingerprint density at radius 3 is 2.63 bits per heavy atom. The van der Waals surface area contributed by atoms with Gasteiger partial charge in [-0.2, -0.15) is 0 Å². The Balaban J connectivity index is 0.00000131. The number of amides is 1. The van der Waals surface area contributed by atoms with E-state index >= 15 is 0 Å². The number of piperidine rings is 1. The summed E-state index contributed by atoms with van der Waals surface area (Å²) in [4.78, 5) is 18.8. The molecule has 1 aromatic carbocycles. The Labute approximate surface area is 177 Å². The molecule has 0 bridgehead atoms. The van der Waals surface area contributed by atoms with Crippen molar-refractivity contribution in [1.82, 2.24) is 15.2 Å². The summed E-state index contributed by atoms with van der Waals surface area (Å²) in [6.45, 7) is 0.766. The van der Waals surface area contributed by atoms with Crippen LogP contribution < -0.4 is 5.32 Å². The lowest BCUT2D eigenvalue weighted by Gasteiger charge is -2.32. The Bertz CT molecular complexity index is 812. The molecule has 0 saturated carbocycles. The van der Waals surface area contributed by atoms with Crippen molar-refractivity contribution in [3.63, 3.8) is 0 Å². The molecule has 2 aliphatic heterocycles. The minimum Gasteiger partial charge on any atom is -0.341 e. The lowest BCUT2D eigenvalue weighted by atomic mass is 9.97. The van der Waals surface area contributed by atoms with Gasteiger partial charge in [0.25, 0.3) is 5.92 Å². The number of likely N-dealkylation sites (tertiary alicyclic amines) is 1. The third-order valence-corrected chi connectivity index (χ3v) is 6.36. The van der Waals surface area contributed by atoms with E-state index in [9.17, 15) is 13.6 Å². The number of halogens is 5. The second-order valence-electron chi connectivity index (χ2n) is 6.76. The van der Waals surface area contributed by atoms with E-state index in [0.717, 1.165) is 28.1 Å². The van der Waals surface area contributed by atoms with Crippen molar-refractivity contribution in [1.29, 1.82) is 0 Å². The molecule has 2 saturated heterocycles. The summed E-state index contributed by atoms with van der Waals surface area (Å²) in [5, 5.41) is 4.38. The van der Waals surface area contributed by atoms with E-state index < -0.39 is 24.9 Å². The fraction of sp³-hybridized carbons (Fsp3) is 0.529. The van der Waals surface area contributed by atoms with Crippen LogP contribution in [0.4, 0.5) is 8.78 Å². The van der Waals surface area contributed by atoms with E-state index in [0.29, 0.717) is 24.0 Å². The van der Waals surface area contributed by atoms with Gasteiger partial charge in [0.1, 0.15) is 0 Å². The molecule has 2 aromatic rings. The van der Waals surface area contributed by atoms with Crippen LogP contribution in [-0.4, -0.2) is 47.4 Å². The smallest absolute Gasteiger partial charge is 0.262 e. The van der Waals surface area contributed by atoms with Gasteiger partial charge in [-0.3, -0.25) is 10.1 Å². The summed E-state index contributed by atoms with van der Waals surface area (Å²) in [6.07, 6.45) is 1.22. The molecule has 1 aromatic heterocycles. The topological polar surface area (TPSA) is 45.2 Å². The molecular formula is C17H20Cl3F2N3OS. The van der Waals surface area contributed by atoms with Gasteiger partial charge in [-0.05, 0) is 31.0 Å². The Morgan fingerprint density at radius 2 is 2.00 bits per heavy atom. The van der Waals surface area contributed by atoms with Crippen LogP contribution in [0.25, 0.3) is 10.2 Å². The standard InChI is InChI=1S/C17H18ClF2N3OS.2ClH/c18-11-1-2-14-12(7-11)22-15(25-14)10-3-5-23(6-4-10)16(24)13-8-17(19,20)9-21-13;;/h1-2,7,10,13,21H,3-6,8-9H2;2*1H.